The number of hydrogen-bond acceptors (Lipinski definition) is 4. The number of carbonyl (C=O) groups excluding carboxylic acids is 2. The van der Waals surface area contributed by atoms with Crippen molar-refractivity contribution < 1.29 is 19.1 Å². The van der Waals surface area contributed by atoms with E-state index in [1.807, 2.05) is 18.2 Å². The quantitative estimate of drug-likeness (QED) is 0.729. The number of hydrogen-bond donors (Lipinski definition) is 0. The maximum Gasteiger partial charge on any atom is 0.156 e. The molecule has 1 heterocycles. The van der Waals surface area contributed by atoms with Crippen LogP contribution in [0.2, 0.25) is 0 Å². The number of methoxy groups -OCH3 is 1. The first-order valence-corrected chi connectivity index (χ1v) is 10.8. The lowest BCUT2D eigenvalue weighted by Crippen LogP contribution is -2.36. The minimum Gasteiger partial charge on any atom is -0.497 e. The second-order valence-corrected chi connectivity index (χ2v) is 9.16. The largest absolute Gasteiger partial charge is 0.497 e. The van der Waals surface area contributed by atoms with Crippen LogP contribution in [-0.2, 0) is 14.3 Å². The summed E-state index contributed by atoms with van der Waals surface area (Å²) in [5.41, 5.74) is 4.56. The highest BCUT2D eigenvalue weighted by Gasteiger charge is 2.54. The van der Waals surface area contributed by atoms with Crippen LogP contribution in [0.5, 0.6) is 5.75 Å². The lowest BCUT2D eigenvalue weighted by molar-refractivity contribution is -0.130. The van der Waals surface area contributed by atoms with Crippen LogP contribution in [0.15, 0.2) is 47.1 Å². The summed E-state index contributed by atoms with van der Waals surface area (Å²) in [6.45, 7) is 2.58. The Hall–Kier alpha value is -2.20. The fourth-order valence-corrected chi connectivity index (χ4v) is 6.11. The van der Waals surface area contributed by atoms with E-state index in [1.165, 1.54) is 16.7 Å². The summed E-state index contributed by atoms with van der Waals surface area (Å²) in [6.07, 6.45) is 6.62. The summed E-state index contributed by atoms with van der Waals surface area (Å²) >= 11 is 0. The molecule has 1 aromatic carbocycles. The van der Waals surface area contributed by atoms with Gasteiger partial charge in [0.1, 0.15) is 17.6 Å². The van der Waals surface area contributed by atoms with Gasteiger partial charge in [0.05, 0.1) is 19.1 Å². The van der Waals surface area contributed by atoms with Gasteiger partial charge in [-0.3, -0.25) is 9.59 Å². The van der Waals surface area contributed by atoms with Crippen LogP contribution in [-0.4, -0.2) is 25.3 Å². The fraction of sp³-hybridized carbons (Fsp3) is 0.520. The predicted molar refractivity (Wildman–Crippen MR) is 110 cm³/mol. The zero-order valence-electron chi connectivity index (χ0n) is 17.2. The van der Waals surface area contributed by atoms with Crippen molar-refractivity contribution in [2.24, 2.45) is 17.3 Å². The van der Waals surface area contributed by atoms with Crippen LogP contribution in [0.4, 0.5) is 0 Å². The number of allylic oxidation sites excluding steroid dienone is 3. The molecule has 0 bridgehead atoms. The Kier molecular flexibility index (Phi) is 4.50. The molecule has 3 aliphatic carbocycles. The molecule has 4 nitrogen and oxygen atoms in total. The van der Waals surface area contributed by atoms with Crippen LogP contribution in [0.3, 0.4) is 0 Å². The molecule has 0 N–H and O–H groups in total. The first kappa shape index (κ1) is 18.8. The molecule has 0 aromatic heterocycles. The second-order valence-electron chi connectivity index (χ2n) is 9.16. The van der Waals surface area contributed by atoms with Gasteiger partial charge in [-0.05, 0) is 78.0 Å². The Labute approximate surface area is 172 Å². The Morgan fingerprint density at radius 3 is 2.59 bits per heavy atom. The zero-order chi connectivity index (χ0) is 20.2. The van der Waals surface area contributed by atoms with Gasteiger partial charge in [0, 0.05) is 12.8 Å². The van der Waals surface area contributed by atoms with Crippen molar-refractivity contribution in [3.63, 3.8) is 0 Å². The van der Waals surface area contributed by atoms with E-state index >= 15 is 0 Å². The monoisotopic (exact) mass is 392 g/mol. The number of ketones is 2. The third-order valence-corrected chi connectivity index (χ3v) is 7.69. The molecule has 0 spiro atoms. The minimum atomic E-state index is -0.399. The molecule has 5 rings (SSSR count). The van der Waals surface area contributed by atoms with Gasteiger partial charge >= 0.3 is 0 Å². The Morgan fingerprint density at radius 2 is 1.83 bits per heavy atom. The molecule has 0 amide bonds. The van der Waals surface area contributed by atoms with Crippen LogP contribution in [0.1, 0.15) is 57.1 Å². The average molecular weight is 392 g/mol. The molecule has 1 saturated heterocycles. The van der Waals surface area contributed by atoms with Gasteiger partial charge in [0.25, 0.3) is 0 Å². The van der Waals surface area contributed by atoms with Crippen LogP contribution in [0, 0.1) is 17.3 Å². The van der Waals surface area contributed by atoms with Crippen LogP contribution < -0.4 is 4.74 Å². The minimum absolute atomic E-state index is 0.159. The smallest absolute Gasteiger partial charge is 0.156 e. The first-order valence-electron chi connectivity index (χ1n) is 10.8. The van der Waals surface area contributed by atoms with Gasteiger partial charge in [0.15, 0.2) is 5.78 Å². The molecular formula is C25H28O4. The van der Waals surface area contributed by atoms with E-state index in [4.69, 9.17) is 9.47 Å². The SMILES string of the molecule is COc1ccc(C2OC[C@]3(C)C(=O)CCC3C3CCC4=CC(=O)CCC4=C23)cc1. The summed E-state index contributed by atoms with van der Waals surface area (Å²) in [5.74, 6) is 2.09. The highest BCUT2D eigenvalue weighted by molar-refractivity contribution is 5.93. The molecule has 152 valence electrons. The van der Waals surface area contributed by atoms with Crippen molar-refractivity contribution in [1.29, 1.82) is 0 Å². The van der Waals surface area contributed by atoms with Gasteiger partial charge in [-0.25, -0.2) is 0 Å². The highest BCUT2D eigenvalue weighted by atomic mass is 16.5. The molecule has 1 aliphatic heterocycles. The topological polar surface area (TPSA) is 52.6 Å². The molecule has 4 atom stereocenters. The molecule has 4 heteroatoms. The Bertz CT molecular complexity index is 923. The summed E-state index contributed by atoms with van der Waals surface area (Å²) in [5, 5.41) is 0. The summed E-state index contributed by atoms with van der Waals surface area (Å²) in [6, 6.07) is 8.10. The van der Waals surface area contributed by atoms with Crippen LogP contribution in [0.25, 0.3) is 0 Å². The molecule has 1 aromatic rings. The van der Waals surface area contributed by atoms with Crippen LogP contribution >= 0.6 is 0 Å². The maximum absolute atomic E-state index is 12.8. The summed E-state index contributed by atoms with van der Waals surface area (Å²) in [4.78, 5) is 24.9. The summed E-state index contributed by atoms with van der Waals surface area (Å²) < 4.78 is 11.9. The average Bonchev–Trinajstić information content (AvgIpc) is 2.95. The van der Waals surface area contributed by atoms with Gasteiger partial charge in [0.2, 0.25) is 0 Å². The van der Waals surface area contributed by atoms with Crippen molar-refractivity contribution in [2.75, 3.05) is 13.7 Å². The lowest BCUT2D eigenvalue weighted by atomic mass is 9.64. The van der Waals surface area contributed by atoms with Crippen molar-refractivity contribution in [3.05, 3.63) is 52.6 Å². The number of fused-ring (bicyclic) bond motifs is 4. The van der Waals surface area contributed by atoms with E-state index in [1.54, 1.807) is 7.11 Å². The number of benzene rings is 1. The number of Topliss-reactive ketones (excluding diaryl/α,β-unsaturated/α-hetero) is 1. The molecule has 2 fully saturated rings. The maximum atomic E-state index is 12.8. The second kappa shape index (κ2) is 6.94. The van der Waals surface area contributed by atoms with Crippen molar-refractivity contribution in [2.45, 2.75) is 51.6 Å². The summed E-state index contributed by atoms with van der Waals surface area (Å²) in [7, 11) is 1.67. The zero-order valence-corrected chi connectivity index (χ0v) is 17.2. The Morgan fingerprint density at radius 1 is 1.03 bits per heavy atom. The van der Waals surface area contributed by atoms with Gasteiger partial charge in [-0.15, -0.1) is 0 Å². The third-order valence-electron chi connectivity index (χ3n) is 7.69. The molecule has 4 aliphatic rings. The van der Waals surface area contributed by atoms with Gasteiger partial charge in [-0.1, -0.05) is 19.1 Å². The van der Waals surface area contributed by atoms with E-state index in [-0.39, 0.29) is 11.9 Å². The van der Waals surface area contributed by atoms with E-state index in [9.17, 15) is 9.59 Å². The normalized spacial score (nSPS) is 34.1. The molecule has 0 radical (unpaired) electrons. The number of ether oxygens (including phenoxy) is 2. The number of carbonyl (C=O) groups is 2. The highest BCUT2D eigenvalue weighted by Crippen LogP contribution is 2.57. The van der Waals surface area contributed by atoms with E-state index in [0.29, 0.717) is 37.1 Å². The first-order chi connectivity index (χ1) is 14.0. The molecule has 29 heavy (non-hydrogen) atoms. The predicted octanol–water partition coefficient (Wildman–Crippen LogP) is 4.75. The molecular weight excluding hydrogens is 364 g/mol. The van der Waals surface area contributed by atoms with Crippen molar-refractivity contribution >= 4 is 11.6 Å². The van der Waals surface area contributed by atoms with Crippen molar-refractivity contribution in [3.8, 4) is 5.75 Å². The third kappa shape index (κ3) is 2.92. The molecule has 3 unspecified atom stereocenters. The van der Waals surface area contributed by atoms with E-state index < -0.39 is 5.41 Å². The van der Waals surface area contributed by atoms with E-state index in [2.05, 4.69) is 19.1 Å². The van der Waals surface area contributed by atoms with E-state index in [0.717, 1.165) is 37.0 Å². The Balaban J connectivity index is 1.66. The molecule has 1 saturated carbocycles. The number of rotatable bonds is 2. The van der Waals surface area contributed by atoms with Gasteiger partial charge < -0.3 is 9.47 Å². The lowest BCUT2D eigenvalue weighted by Gasteiger charge is -2.39. The van der Waals surface area contributed by atoms with Gasteiger partial charge in [-0.2, -0.15) is 0 Å². The fourth-order valence-electron chi connectivity index (χ4n) is 6.11. The van der Waals surface area contributed by atoms with Crippen molar-refractivity contribution in [1.82, 2.24) is 0 Å². The standard InChI is InChI=1S/C25H28O4/c1-25-14-29-24(15-3-7-18(28-2)8-4-15)23-19-10-6-17(26)13-16(19)5-9-20(23)21(25)11-12-22(25)27/h3-4,7-8,13,20-21,24H,5-6,9-12,14H2,1-2H3/t20?,21?,24?,25-/m0/s1.